The highest BCUT2D eigenvalue weighted by atomic mass is 16.7. The second kappa shape index (κ2) is 60.8. The fourth-order valence-corrected chi connectivity index (χ4v) is 11.2. The summed E-state index contributed by atoms with van der Waals surface area (Å²) < 4.78 is 104. The summed E-state index contributed by atoms with van der Waals surface area (Å²) in [7, 11) is 0. The van der Waals surface area contributed by atoms with Crippen LogP contribution in [0.2, 0.25) is 0 Å². The number of hydrogen-bond acceptors (Lipinski definition) is 35. The molecule has 15 unspecified atom stereocenters. The van der Waals surface area contributed by atoms with Gasteiger partial charge in [-0.2, -0.15) is 0 Å². The molecule has 0 saturated carbocycles. The van der Waals surface area contributed by atoms with E-state index in [4.69, 9.17) is 91.0 Å². The number of ether oxygens (including phenoxy) is 18. The molecular weight excluding hydrogens is 1520 g/mol. The molecule has 43 heteroatoms. The zero-order chi connectivity index (χ0) is 83.1. The van der Waals surface area contributed by atoms with E-state index in [1.54, 1.807) is 31.6 Å². The molecule has 4 heterocycles. The molecule has 1 aromatic heterocycles. The number of hydrogen-bond donors (Lipinski definition) is 15. The molecule has 43 nitrogen and oxygen atoms in total. The van der Waals surface area contributed by atoms with Crippen molar-refractivity contribution in [1.29, 1.82) is 0 Å². The Morgan fingerprint density at radius 1 is 0.430 bits per heavy atom. The fourth-order valence-electron chi connectivity index (χ4n) is 11.2. The number of amides is 7. The smallest absolute Gasteiger partial charge is 0.246 e. The summed E-state index contributed by atoms with van der Waals surface area (Å²) in [6.45, 7) is 7.48. The van der Waals surface area contributed by atoms with Gasteiger partial charge in [-0.1, -0.05) is 32.9 Å². The lowest BCUT2D eigenvalue weighted by Crippen LogP contribution is -2.60. The van der Waals surface area contributed by atoms with Gasteiger partial charge in [-0.25, -0.2) is 4.68 Å². The Balaban J connectivity index is 1.25. The molecule has 3 fully saturated rings. The van der Waals surface area contributed by atoms with Crippen LogP contribution in [0.4, 0.5) is 0 Å². The largest absolute Gasteiger partial charge is 0.394 e. The van der Waals surface area contributed by atoms with Crippen LogP contribution in [0.25, 0.3) is 0 Å². The highest BCUT2D eigenvalue weighted by molar-refractivity contribution is 5.86. The van der Waals surface area contributed by atoms with Crippen molar-refractivity contribution in [3.05, 3.63) is 11.9 Å². The first-order valence-electron chi connectivity index (χ1n) is 38.9. The highest BCUT2D eigenvalue weighted by Crippen LogP contribution is 2.30. The molecule has 3 saturated heterocycles. The van der Waals surface area contributed by atoms with Crippen molar-refractivity contribution in [3.8, 4) is 0 Å². The Hall–Kier alpha value is -5.61. The molecule has 0 bridgehead atoms. The maximum absolute atomic E-state index is 13.9. The van der Waals surface area contributed by atoms with Gasteiger partial charge in [-0.15, -0.1) is 5.10 Å². The predicted molar refractivity (Wildman–Crippen MR) is 394 cm³/mol. The molecule has 15 atom stereocenters. The minimum atomic E-state index is -1.56. The van der Waals surface area contributed by atoms with Crippen molar-refractivity contribution < 1.29 is 160 Å². The van der Waals surface area contributed by atoms with Crippen molar-refractivity contribution in [3.63, 3.8) is 0 Å². The molecule has 3 aliphatic heterocycles. The third-order valence-electron chi connectivity index (χ3n) is 17.9. The second-order valence-corrected chi connectivity index (χ2v) is 27.1. The number of nitrogens with zero attached hydrogens (tertiary/aromatic N) is 3. The molecular formula is C71H128N10O33. The van der Waals surface area contributed by atoms with Crippen LogP contribution < -0.4 is 37.6 Å². The lowest BCUT2D eigenvalue weighted by atomic mass is 9.91. The summed E-state index contributed by atoms with van der Waals surface area (Å²) in [5, 5.41) is 104. The summed E-state index contributed by atoms with van der Waals surface area (Å²) in [5.41, 5.74) is 4.18. The molecule has 0 spiro atoms. The number of carbonyl (C=O) groups is 7. The summed E-state index contributed by atoms with van der Waals surface area (Å²) in [6, 6.07) is 0. The van der Waals surface area contributed by atoms with E-state index in [1.807, 2.05) is 6.92 Å². The number of primary amides is 1. The van der Waals surface area contributed by atoms with Crippen molar-refractivity contribution in [2.24, 2.45) is 23.5 Å². The van der Waals surface area contributed by atoms with Crippen molar-refractivity contribution in [1.82, 2.24) is 46.9 Å². The number of carbonyl (C=O) groups excluding carboxylic acids is 7. The second-order valence-electron chi connectivity index (χ2n) is 27.1. The van der Waals surface area contributed by atoms with E-state index < -0.39 is 159 Å². The predicted octanol–water partition coefficient (Wildman–Crippen LogP) is -7.42. The number of nitrogens with two attached hydrogens (primary N) is 1. The lowest BCUT2D eigenvalue weighted by molar-refractivity contribution is -0.284. The van der Waals surface area contributed by atoms with Gasteiger partial charge >= 0.3 is 0 Å². The van der Waals surface area contributed by atoms with Crippen LogP contribution in [-0.2, 0) is 132 Å². The zero-order valence-electron chi connectivity index (χ0n) is 66.1. The number of aliphatic hydroxyl groups is 8. The summed E-state index contributed by atoms with van der Waals surface area (Å²) in [5.74, 6) is -5.02. The van der Waals surface area contributed by atoms with Gasteiger partial charge in [0, 0.05) is 69.3 Å². The number of rotatable bonds is 68. The Bertz CT molecular complexity index is 2570. The highest BCUT2D eigenvalue weighted by Gasteiger charge is 2.45. The molecule has 114 heavy (non-hydrogen) atoms. The monoisotopic (exact) mass is 1650 g/mol. The van der Waals surface area contributed by atoms with E-state index in [2.05, 4.69) is 42.2 Å². The van der Waals surface area contributed by atoms with E-state index in [0.29, 0.717) is 38.1 Å². The van der Waals surface area contributed by atoms with E-state index >= 15 is 0 Å². The number of nitrogens with one attached hydrogen (secondary N) is 6. The van der Waals surface area contributed by atoms with Crippen LogP contribution >= 0.6 is 0 Å². The van der Waals surface area contributed by atoms with Gasteiger partial charge in [-0.05, 0) is 19.3 Å². The van der Waals surface area contributed by atoms with Crippen LogP contribution in [0.15, 0.2) is 6.20 Å². The molecule has 1 aromatic rings. The van der Waals surface area contributed by atoms with Crippen LogP contribution in [0, 0.1) is 17.8 Å². The van der Waals surface area contributed by atoms with Gasteiger partial charge in [0.2, 0.25) is 41.4 Å². The van der Waals surface area contributed by atoms with Crippen molar-refractivity contribution >= 4 is 41.4 Å². The Morgan fingerprint density at radius 3 is 1.19 bits per heavy atom. The average Bonchev–Trinajstić information content (AvgIpc) is 0.860. The van der Waals surface area contributed by atoms with Gasteiger partial charge in [0.25, 0.3) is 0 Å². The SMILES string of the molecule is CCC1OC(OCCOCCOCCNC(=O)CCOCC(COCCC(=O)NCCOCCOCCOC2OC(CO)C(O)C(O)C2C)(COCCC(=O)NCCOCCOCCOC2OC(CO)C(O)C(O)C2C)NC(=O)CNC(=O)COCCOCCOCCn2cc(CCCC(=O)NCC(N)=O)nn2)C(C)C(O)C1O. The Morgan fingerprint density at radius 2 is 0.789 bits per heavy atom. The normalized spacial score (nSPS) is 24.2. The minimum Gasteiger partial charge on any atom is -0.394 e. The van der Waals surface area contributed by atoms with Crippen molar-refractivity contribution in [2.75, 3.05) is 224 Å². The minimum absolute atomic E-state index is 0.0279. The molecule has 7 amide bonds. The third-order valence-corrected chi connectivity index (χ3v) is 17.9. The molecule has 0 aliphatic carbocycles. The van der Waals surface area contributed by atoms with Gasteiger partial charge in [0.1, 0.15) is 42.7 Å². The molecule has 0 radical (unpaired) electrons. The fraction of sp³-hybridized carbons (Fsp3) is 0.873. The third kappa shape index (κ3) is 42.7. The van der Waals surface area contributed by atoms with E-state index in [0.717, 1.165) is 0 Å². The first kappa shape index (κ1) is 101. The summed E-state index contributed by atoms with van der Waals surface area (Å²) >= 11 is 0. The van der Waals surface area contributed by atoms with Crippen LogP contribution in [0.1, 0.15) is 71.9 Å². The van der Waals surface area contributed by atoms with Gasteiger partial charge in [0.05, 0.1) is 235 Å². The van der Waals surface area contributed by atoms with Gasteiger partial charge < -0.3 is 164 Å². The summed E-state index contributed by atoms with van der Waals surface area (Å²) in [4.78, 5) is 88.5. The average molecular weight is 1650 g/mol. The lowest BCUT2D eigenvalue weighted by Gasteiger charge is -2.41. The Kier molecular flexibility index (Phi) is 53.7. The molecule has 3 aliphatic rings. The molecule has 0 aromatic carbocycles. The first-order valence-corrected chi connectivity index (χ1v) is 38.9. The standard InChI is InChI=1S/C71H128N10O33/c1-5-52-65(94)62(91)48(2)68(112-52)109-36-33-102-27-23-97-19-12-73-57(86)9-16-106-45-71(46-107-17-10-58(87)74-13-20-98-24-28-103-34-37-110-69-49(3)63(92)66(95)53(42-82)113-69,47-108-18-11-59(88)75-14-21-99-25-29-104-35-38-111-70-50(4)64(93)67(96)54(43-83)114-70)78-60(89)40-77-61(90)44-105-32-31-101-30-26-100-22-15-81-41-51(79-80-81)7-6-8-56(85)76-39-55(72)84/h41,48-50,52-54,62-70,82-83,91-96H,5-40,42-47H2,1-4H3,(H2,72,84)(H,73,86)(H,74,87)(H,75,88)(H,76,85)(H,77,90)(H,78,89). The van der Waals surface area contributed by atoms with E-state index in [9.17, 15) is 74.4 Å². The maximum Gasteiger partial charge on any atom is 0.246 e. The van der Waals surface area contributed by atoms with Crippen molar-refractivity contribution in [2.45, 2.75) is 159 Å². The number of aryl methyl sites for hydroxylation is 1. The molecule has 660 valence electrons. The van der Waals surface area contributed by atoms with Crippen LogP contribution in [-0.4, -0.2) is 401 Å². The maximum atomic E-state index is 13.9. The number of aromatic nitrogens is 3. The number of aliphatic hydroxyl groups excluding tert-OH is 8. The topological polar surface area (TPSA) is 576 Å². The van der Waals surface area contributed by atoms with Crippen LogP contribution in [0.5, 0.6) is 0 Å². The van der Waals surface area contributed by atoms with E-state index in [-0.39, 0.29) is 223 Å². The quantitative estimate of drug-likeness (QED) is 0.0269. The van der Waals surface area contributed by atoms with Crippen LogP contribution in [0.3, 0.4) is 0 Å². The van der Waals surface area contributed by atoms with E-state index in [1.165, 1.54) is 0 Å². The zero-order valence-corrected chi connectivity index (χ0v) is 66.1. The molecule has 4 rings (SSSR count). The van der Waals surface area contributed by atoms with Gasteiger partial charge in [0.15, 0.2) is 18.9 Å². The van der Waals surface area contributed by atoms with Gasteiger partial charge in [-0.3, -0.25) is 33.6 Å². The Labute approximate surface area is 664 Å². The first-order chi connectivity index (χ1) is 55.0. The molecule has 16 N–H and O–H groups in total. The summed E-state index contributed by atoms with van der Waals surface area (Å²) in [6.07, 6.45) is -8.65.